The van der Waals surface area contributed by atoms with Crippen LogP contribution in [-0.2, 0) is 0 Å². The van der Waals surface area contributed by atoms with Gasteiger partial charge in [0.25, 0.3) is 0 Å². The van der Waals surface area contributed by atoms with Crippen molar-refractivity contribution in [1.82, 2.24) is 0 Å². The fourth-order valence-corrected chi connectivity index (χ4v) is 1.07. The summed E-state index contributed by atoms with van der Waals surface area (Å²) >= 11 is 0. The Kier molecular flexibility index (Phi) is 4.00. The first-order valence-corrected chi connectivity index (χ1v) is 4.84. The van der Waals surface area contributed by atoms with Gasteiger partial charge in [0.15, 0.2) is 5.41 Å². The summed E-state index contributed by atoms with van der Waals surface area (Å²) in [4.78, 5) is 0. The molecular weight excluding hydrogens is 234 g/mol. The molecule has 0 N–H and O–H groups in total. The van der Waals surface area contributed by atoms with Crippen LogP contribution in [0.5, 0.6) is 0 Å². The van der Waals surface area contributed by atoms with E-state index in [1.165, 1.54) is 0 Å². The van der Waals surface area contributed by atoms with E-state index < -0.39 is 29.6 Å². The fraction of sp³-hybridized carbons (Fsp3) is 1.00. The molecule has 0 aromatic heterocycles. The van der Waals surface area contributed by atoms with Gasteiger partial charge in [0, 0.05) is 0 Å². The molecule has 0 aliphatic carbocycles. The van der Waals surface area contributed by atoms with E-state index in [1.54, 1.807) is 20.8 Å². The molecule has 0 atom stereocenters. The van der Waals surface area contributed by atoms with Gasteiger partial charge in [-0.3, -0.25) is 0 Å². The molecule has 0 bridgehead atoms. The first-order valence-electron chi connectivity index (χ1n) is 4.84. The van der Waals surface area contributed by atoms with Crippen LogP contribution in [0.25, 0.3) is 0 Å². The fourth-order valence-electron chi connectivity index (χ4n) is 1.07. The van der Waals surface area contributed by atoms with E-state index in [4.69, 9.17) is 0 Å². The minimum Gasteiger partial charge on any atom is -0.170 e. The third-order valence-electron chi connectivity index (χ3n) is 2.63. The predicted octanol–water partition coefficient (Wildman–Crippen LogP) is 4.94. The van der Waals surface area contributed by atoms with Gasteiger partial charge < -0.3 is 0 Å². The highest BCUT2D eigenvalue weighted by Gasteiger charge is 2.66. The van der Waals surface area contributed by atoms with Crippen molar-refractivity contribution in [3.63, 3.8) is 0 Å². The second kappa shape index (κ2) is 4.11. The topological polar surface area (TPSA) is 0 Å². The first kappa shape index (κ1) is 15.6. The lowest BCUT2D eigenvalue weighted by atomic mass is 9.78. The lowest BCUT2D eigenvalue weighted by Crippen LogP contribution is -2.48. The van der Waals surface area contributed by atoms with Gasteiger partial charge in [-0.1, -0.05) is 20.8 Å². The second-order valence-corrected chi connectivity index (χ2v) is 5.39. The van der Waals surface area contributed by atoms with Gasteiger partial charge in [0.1, 0.15) is 0 Å². The van der Waals surface area contributed by atoms with Crippen molar-refractivity contribution < 1.29 is 26.3 Å². The summed E-state index contributed by atoms with van der Waals surface area (Å²) in [5.41, 5.74) is -4.18. The van der Waals surface area contributed by atoms with Crippen molar-refractivity contribution in [2.24, 2.45) is 10.8 Å². The molecule has 0 spiro atoms. The molecule has 0 fully saturated rings. The van der Waals surface area contributed by atoms with Crippen molar-refractivity contribution in [2.45, 2.75) is 52.9 Å². The van der Waals surface area contributed by atoms with Crippen molar-refractivity contribution in [3.05, 3.63) is 0 Å². The number of rotatable bonds is 2. The highest BCUT2D eigenvalue weighted by molar-refractivity contribution is 4.90. The minimum atomic E-state index is -5.27. The lowest BCUT2D eigenvalue weighted by molar-refractivity contribution is -0.337. The molecule has 0 amide bonds. The standard InChI is InChI=1S/C10H16F6/c1-7(2,3)5-6-8(4,9(11,12)13)10(14,15)16/h5-6H2,1-4H3. The minimum absolute atomic E-state index is 0.136. The normalized spacial score (nSPS) is 15.4. The monoisotopic (exact) mass is 250 g/mol. The molecule has 0 aromatic carbocycles. The maximum atomic E-state index is 12.5. The van der Waals surface area contributed by atoms with Gasteiger partial charge >= 0.3 is 12.4 Å². The van der Waals surface area contributed by atoms with Crippen LogP contribution >= 0.6 is 0 Å². The highest BCUT2D eigenvalue weighted by Crippen LogP contribution is 2.53. The Morgan fingerprint density at radius 3 is 1.12 bits per heavy atom. The van der Waals surface area contributed by atoms with E-state index in [0.717, 1.165) is 0 Å². The second-order valence-electron chi connectivity index (χ2n) is 5.39. The largest absolute Gasteiger partial charge is 0.402 e. The van der Waals surface area contributed by atoms with Crippen LogP contribution in [0.2, 0.25) is 0 Å². The highest BCUT2D eigenvalue weighted by atomic mass is 19.4. The molecule has 0 rings (SSSR count). The molecule has 0 unspecified atom stereocenters. The van der Waals surface area contributed by atoms with E-state index in [0.29, 0.717) is 0 Å². The van der Waals surface area contributed by atoms with Crippen LogP contribution in [0.1, 0.15) is 40.5 Å². The summed E-state index contributed by atoms with van der Waals surface area (Å²) < 4.78 is 74.7. The zero-order valence-electron chi connectivity index (χ0n) is 9.68. The Labute approximate surface area is 91.0 Å². The van der Waals surface area contributed by atoms with Crippen LogP contribution in [0.3, 0.4) is 0 Å². The summed E-state index contributed by atoms with van der Waals surface area (Å²) in [6, 6.07) is 0. The molecular formula is C10H16F6. The number of hydrogen-bond donors (Lipinski definition) is 0. The molecule has 0 nitrogen and oxygen atoms in total. The van der Waals surface area contributed by atoms with Crippen molar-refractivity contribution >= 4 is 0 Å². The molecule has 6 heteroatoms. The number of hydrogen-bond acceptors (Lipinski definition) is 0. The summed E-state index contributed by atoms with van der Waals surface area (Å²) in [7, 11) is 0. The first-order chi connectivity index (χ1) is 6.71. The molecule has 0 heterocycles. The van der Waals surface area contributed by atoms with Crippen LogP contribution in [0.15, 0.2) is 0 Å². The molecule has 16 heavy (non-hydrogen) atoms. The Bertz CT molecular complexity index is 215. The molecule has 0 aliphatic heterocycles. The van der Waals surface area contributed by atoms with Crippen molar-refractivity contribution in [2.75, 3.05) is 0 Å². The van der Waals surface area contributed by atoms with Gasteiger partial charge in [0.05, 0.1) is 0 Å². The lowest BCUT2D eigenvalue weighted by Gasteiger charge is -2.35. The van der Waals surface area contributed by atoms with Crippen LogP contribution < -0.4 is 0 Å². The maximum absolute atomic E-state index is 12.5. The average molecular weight is 250 g/mol. The predicted molar refractivity (Wildman–Crippen MR) is 48.9 cm³/mol. The van der Waals surface area contributed by atoms with Crippen LogP contribution in [-0.4, -0.2) is 12.4 Å². The summed E-state index contributed by atoms with van der Waals surface area (Å²) in [6.07, 6.45) is -11.6. The Morgan fingerprint density at radius 2 is 0.938 bits per heavy atom. The van der Waals surface area contributed by atoms with E-state index in [9.17, 15) is 26.3 Å². The van der Waals surface area contributed by atoms with E-state index >= 15 is 0 Å². The average Bonchev–Trinajstić information content (AvgIpc) is 1.93. The van der Waals surface area contributed by atoms with Crippen molar-refractivity contribution in [3.8, 4) is 0 Å². The molecule has 0 aliphatic rings. The molecule has 0 saturated heterocycles. The maximum Gasteiger partial charge on any atom is 0.402 e. The molecule has 0 radical (unpaired) electrons. The molecule has 98 valence electrons. The Morgan fingerprint density at radius 1 is 0.625 bits per heavy atom. The number of halogens is 6. The Hall–Kier alpha value is -0.420. The van der Waals surface area contributed by atoms with E-state index in [1.807, 2.05) is 0 Å². The van der Waals surface area contributed by atoms with Gasteiger partial charge in [-0.05, 0) is 25.2 Å². The number of alkyl halides is 6. The third kappa shape index (κ3) is 3.56. The Balaban J connectivity index is 5.00. The molecule has 0 saturated carbocycles. The van der Waals surface area contributed by atoms with Crippen LogP contribution in [0.4, 0.5) is 26.3 Å². The van der Waals surface area contributed by atoms with Gasteiger partial charge in [-0.25, -0.2) is 0 Å². The van der Waals surface area contributed by atoms with E-state index in [2.05, 4.69) is 0 Å². The third-order valence-corrected chi connectivity index (χ3v) is 2.63. The van der Waals surface area contributed by atoms with Gasteiger partial charge in [0.2, 0.25) is 0 Å². The van der Waals surface area contributed by atoms with E-state index in [-0.39, 0.29) is 13.3 Å². The quantitative estimate of drug-likeness (QED) is 0.609. The smallest absolute Gasteiger partial charge is 0.170 e. The zero-order chi connectivity index (χ0) is 13.4. The zero-order valence-corrected chi connectivity index (χ0v) is 9.68. The van der Waals surface area contributed by atoms with Crippen LogP contribution in [0, 0.1) is 10.8 Å². The van der Waals surface area contributed by atoms with Crippen molar-refractivity contribution in [1.29, 1.82) is 0 Å². The molecule has 0 aromatic rings. The SMILES string of the molecule is CC(C)(C)CCC(C)(C(F)(F)F)C(F)(F)F. The van der Waals surface area contributed by atoms with Gasteiger partial charge in [-0.15, -0.1) is 0 Å². The summed E-state index contributed by atoms with van der Waals surface area (Å²) in [5, 5.41) is 0. The summed E-state index contributed by atoms with van der Waals surface area (Å²) in [6.45, 7) is 5.05. The summed E-state index contributed by atoms with van der Waals surface area (Å²) in [5.74, 6) is 0. The van der Waals surface area contributed by atoms with Gasteiger partial charge in [-0.2, -0.15) is 26.3 Å².